The zero-order valence-electron chi connectivity index (χ0n) is 9.57. The minimum Gasteiger partial charge on any atom is -0.452 e. The van der Waals surface area contributed by atoms with Crippen molar-refractivity contribution in [3.63, 3.8) is 0 Å². The smallest absolute Gasteiger partial charge is 0.238 e. The van der Waals surface area contributed by atoms with Crippen LogP contribution >= 0.6 is 11.3 Å². The Bertz CT molecular complexity index is 726. The normalized spacial score (nSPS) is 11.0. The summed E-state index contributed by atoms with van der Waals surface area (Å²) < 4.78 is 18.6. The molecule has 90 valence electrons. The third-order valence-electron chi connectivity index (χ3n) is 2.85. The molecule has 4 heteroatoms. The van der Waals surface area contributed by atoms with Crippen molar-refractivity contribution in [2.24, 2.45) is 0 Å². The fraction of sp³-hybridized carbons (Fsp3) is 0.0714. The molecule has 0 unspecified atom stereocenters. The summed E-state index contributed by atoms with van der Waals surface area (Å²) in [4.78, 5) is 12.8. The number of carbonyl (C=O) groups is 1. The van der Waals surface area contributed by atoms with Crippen molar-refractivity contribution in [1.82, 2.24) is 0 Å². The van der Waals surface area contributed by atoms with Crippen LogP contribution in [0.3, 0.4) is 0 Å². The first-order valence-corrected chi connectivity index (χ1v) is 6.31. The molecule has 3 aromatic rings. The molecule has 0 atom stereocenters. The van der Waals surface area contributed by atoms with Gasteiger partial charge in [0.1, 0.15) is 11.4 Å². The summed E-state index contributed by atoms with van der Waals surface area (Å²) in [5.74, 6) is -0.233. The highest BCUT2D eigenvalue weighted by Gasteiger charge is 2.19. The van der Waals surface area contributed by atoms with Crippen LogP contribution in [-0.2, 0) is 0 Å². The Morgan fingerprint density at radius 3 is 2.89 bits per heavy atom. The molecule has 0 radical (unpaired) electrons. The molecular formula is C14H9FO2S. The average Bonchev–Trinajstić information content (AvgIpc) is 2.97. The molecule has 0 aliphatic carbocycles. The molecule has 0 amide bonds. The van der Waals surface area contributed by atoms with Gasteiger partial charge >= 0.3 is 0 Å². The first-order valence-electron chi connectivity index (χ1n) is 5.43. The number of aryl methyl sites for hydroxylation is 1. The Hall–Kier alpha value is -1.94. The number of furan rings is 1. The molecule has 0 N–H and O–H groups in total. The van der Waals surface area contributed by atoms with Gasteiger partial charge in [0.25, 0.3) is 0 Å². The molecule has 18 heavy (non-hydrogen) atoms. The Kier molecular flexibility index (Phi) is 2.52. The molecule has 3 rings (SSSR count). The number of ketones is 1. The zero-order chi connectivity index (χ0) is 12.7. The van der Waals surface area contributed by atoms with Crippen molar-refractivity contribution in [3.8, 4) is 0 Å². The van der Waals surface area contributed by atoms with E-state index in [9.17, 15) is 9.18 Å². The number of halogens is 1. The van der Waals surface area contributed by atoms with Crippen LogP contribution in [0.25, 0.3) is 11.0 Å². The lowest BCUT2D eigenvalue weighted by atomic mass is 10.1. The standard InChI is InChI=1S/C14H9FO2S/c1-8-10-5-4-9(15)7-11(10)17-14(8)13(16)12-3-2-6-18-12/h2-7H,1H3. The van der Waals surface area contributed by atoms with Crippen LogP contribution in [0.15, 0.2) is 40.1 Å². The highest BCUT2D eigenvalue weighted by atomic mass is 32.1. The van der Waals surface area contributed by atoms with Gasteiger partial charge in [0, 0.05) is 17.0 Å². The first kappa shape index (κ1) is 11.2. The third-order valence-corrected chi connectivity index (χ3v) is 3.72. The summed E-state index contributed by atoms with van der Waals surface area (Å²) in [5, 5.41) is 2.61. The lowest BCUT2D eigenvalue weighted by Gasteiger charge is -1.94. The summed E-state index contributed by atoms with van der Waals surface area (Å²) >= 11 is 1.36. The van der Waals surface area contributed by atoms with Crippen molar-refractivity contribution >= 4 is 28.1 Å². The highest BCUT2D eigenvalue weighted by Crippen LogP contribution is 2.28. The van der Waals surface area contributed by atoms with E-state index in [1.165, 1.54) is 23.5 Å². The number of benzene rings is 1. The van der Waals surface area contributed by atoms with E-state index in [-0.39, 0.29) is 17.4 Å². The second-order valence-electron chi connectivity index (χ2n) is 4.00. The monoisotopic (exact) mass is 260 g/mol. The van der Waals surface area contributed by atoms with E-state index in [4.69, 9.17) is 4.42 Å². The Labute approximate surface area is 107 Å². The van der Waals surface area contributed by atoms with Gasteiger partial charge in [-0.1, -0.05) is 6.07 Å². The molecule has 0 aliphatic heterocycles. The maximum absolute atomic E-state index is 13.1. The average molecular weight is 260 g/mol. The van der Waals surface area contributed by atoms with Crippen LogP contribution in [0.4, 0.5) is 4.39 Å². The van der Waals surface area contributed by atoms with E-state index in [1.807, 2.05) is 18.4 Å². The van der Waals surface area contributed by atoms with Crippen LogP contribution < -0.4 is 0 Å². The molecular weight excluding hydrogens is 251 g/mol. The van der Waals surface area contributed by atoms with Gasteiger partial charge in [0.05, 0.1) is 4.88 Å². The summed E-state index contributed by atoms with van der Waals surface area (Å²) in [6.45, 7) is 1.81. The van der Waals surface area contributed by atoms with Crippen LogP contribution in [0.1, 0.15) is 21.0 Å². The molecule has 0 spiro atoms. The Morgan fingerprint density at radius 2 is 2.17 bits per heavy atom. The Morgan fingerprint density at radius 1 is 1.33 bits per heavy atom. The summed E-state index contributed by atoms with van der Waals surface area (Å²) in [7, 11) is 0. The number of hydrogen-bond donors (Lipinski definition) is 0. The van der Waals surface area contributed by atoms with E-state index in [0.29, 0.717) is 10.5 Å². The van der Waals surface area contributed by atoms with Crippen molar-refractivity contribution in [2.45, 2.75) is 6.92 Å². The third kappa shape index (κ3) is 1.66. The summed E-state index contributed by atoms with van der Waals surface area (Å²) in [6, 6.07) is 7.86. The van der Waals surface area contributed by atoms with Crippen LogP contribution in [0.2, 0.25) is 0 Å². The summed E-state index contributed by atoms with van der Waals surface area (Å²) in [5.41, 5.74) is 1.16. The number of thiophene rings is 1. The minimum atomic E-state index is -0.369. The van der Waals surface area contributed by atoms with E-state index >= 15 is 0 Å². The van der Waals surface area contributed by atoms with Gasteiger partial charge < -0.3 is 4.42 Å². The molecule has 0 saturated carbocycles. The fourth-order valence-corrected chi connectivity index (χ4v) is 2.60. The van der Waals surface area contributed by atoms with Gasteiger partial charge in [-0.2, -0.15) is 0 Å². The molecule has 0 aliphatic rings. The first-order chi connectivity index (χ1) is 8.66. The predicted molar refractivity (Wildman–Crippen MR) is 68.7 cm³/mol. The number of carbonyl (C=O) groups excluding carboxylic acids is 1. The molecule has 0 fully saturated rings. The van der Waals surface area contributed by atoms with E-state index < -0.39 is 0 Å². The lowest BCUT2D eigenvalue weighted by Crippen LogP contribution is -1.98. The topological polar surface area (TPSA) is 30.2 Å². The minimum absolute atomic E-state index is 0.154. The number of fused-ring (bicyclic) bond motifs is 1. The lowest BCUT2D eigenvalue weighted by molar-refractivity contribution is 0.101. The van der Waals surface area contributed by atoms with Gasteiger partial charge in [0.15, 0.2) is 5.76 Å². The van der Waals surface area contributed by atoms with Gasteiger partial charge in [-0.05, 0) is 30.5 Å². The SMILES string of the molecule is Cc1c(C(=O)c2cccs2)oc2cc(F)ccc12. The van der Waals surface area contributed by atoms with Crippen LogP contribution in [0, 0.1) is 12.7 Å². The van der Waals surface area contributed by atoms with E-state index in [2.05, 4.69) is 0 Å². The molecule has 2 heterocycles. The van der Waals surface area contributed by atoms with Gasteiger partial charge in [-0.25, -0.2) is 4.39 Å². The summed E-state index contributed by atoms with van der Waals surface area (Å²) in [6.07, 6.45) is 0. The van der Waals surface area contributed by atoms with Crippen molar-refractivity contribution < 1.29 is 13.6 Å². The fourth-order valence-electron chi connectivity index (χ4n) is 1.94. The van der Waals surface area contributed by atoms with Crippen molar-refractivity contribution in [3.05, 3.63) is 57.7 Å². The van der Waals surface area contributed by atoms with Crippen molar-refractivity contribution in [1.29, 1.82) is 0 Å². The van der Waals surface area contributed by atoms with E-state index in [1.54, 1.807) is 12.1 Å². The van der Waals surface area contributed by atoms with Gasteiger partial charge in [0.2, 0.25) is 5.78 Å². The molecule has 2 aromatic heterocycles. The van der Waals surface area contributed by atoms with Gasteiger partial charge in [-0.15, -0.1) is 11.3 Å². The molecule has 0 saturated heterocycles. The quantitative estimate of drug-likeness (QED) is 0.647. The molecule has 0 bridgehead atoms. The maximum Gasteiger partial charge on any atom is 0.238 e. The maximum atomic E-state index is 13.1. The zero-order valence-corrected chi connectivity index (χ0v) is 10.4. The van der Waals surface area contributed by atoms with Crippen molar-refractivity contribution in [2.75, 3.05) is 0 Å². The highest BCUT2D eigenvalue weighted by molar-refractivity contribution is 7.12. The van der Waals surface area contributed by atoms with E-state index in [0.717, 1.165) is 10.9 Å². The second-order valence-corrected chi connectivity index (χ2v) is 4.95. The predicted octanol–water partition coefficient (Wildman–Crippen LogP) is 4.17. The number of rotatable bonds is 2. The number of hydrogen-bond acceptors (Lipinski definition) is 3. The second kappa shape index (κ2) is 4.07. The Balaban J connectivity index is 2.18. The largest absolute Gasteiger partial charge is 0.452 e. The van der Waals surface area contributed by atoms with Crippen LogP contribution in [-0.4, -0.2) is 5.78 Å². The van der Waals surface area contributed by atoms with Crippen LogP contribution in [0.5, 0.6) is 0 Å². The molecule has 1 aromatic carbocycles. The van der Waals surface area contributed by atoms with Gasteiger partial charge in [-0.3, -0.25) is 4.79 Å². The molecule has 2 nitrogen and oxygen atoms in total.